The molecule has 3 aromatic heterocycles. The maximum Gasteiger partial charge on any atom is 0.240 e. The first-order valence-electron chi connectivity index (χ1n) is 9.13. The molecular weight excluding hydrogens is 372 g/mol. The molecule has 0 radical (unpaired) electrons. The lowest BCUT2D eigenvalue weighted by molar-refractivity contribution is 0.103. The highest BCUT2D eigenvalue weighted by Gasteiger charge is 2.32. The van der Waals surface area contributed by atoms with Gasteiger partial charge in [-0.2, -0.15) is 0 Å². The van der Waals surface area contributed by atoms with Gasteiger partial charge in [0.1, 0.15) is 17.6 Å². The lowest BCUT2D eigenvalue weighted by atomic mass is 9.89. The quantitative estimate of drug-likeness (QED) is 0.553. The van der Waals surface area contributed by atoms with Gasteiger partial charge in [0.25, 0.3) is 0 Å². The second-order valence-corrected chi connectivity index (χ2v) is 7.80. The summed E-state index contributed by atoms with van der Waals surface area (Å²) in [6.07, 6.45) is 8.69. The van der Waals surface area contributed by atoms with E-state index in [-0.39, 0.29) is 6.10 Å². The predicted molar refractivity (Wildman–Crippen MR) is 108 cm³/mol. The van der Waals surface area contributed by atoms with Crippen LogP contribution in [-0.2, 0) is 0 Å². The number of fused-ring (bicyclic) bond motifs is 1. The summed E-state index contributed by atoms with van der Waals surface area (Å²) >= 11 is 1.68. The van der Waals surface area contributed by atoms with Gasteiger partial charge in [-0.25, -0.2) is 24.9 Å². The second-order valence-electron chi connectivity index (χ2n) is 6.77. The SMILES string of the molecule is Cc1ncc(-c2nccnc2OC2CC(Nc3nc4ccccc4s3)C2)cn1. The Hall–Kier alpha value is -3.13. The van der Waals surface area contributed by atoms with Crippen molar-refractivity contribution < 1.29 is 4.74 Å². The van der Waals surface area contributed by atoms with Gasteiger partial charge in [-0.3, -0.25) is 0 Å². The van der Waals surface area contributed by atoms with Crippen LogP contribution in [-0.4, -0.2) is 37.1 Å². The summed E-state index contributed by atoms with van der Waals surface area (Å²) in [5.41, 5.74) is 2.51. The second kappa shape index (κ2) is 7.12. The van der Waals surface area contributed by atoms with Crippen LogP contribution in [0.25, 0.3) is 21.5 Å². The minimum Gasteiger partial charge on any atom is -0.473 e. The highest BCUT2D eigenvalue weighted by Crippen LogP contribution is 2.33. The van der Waals surface area contributed by atoms with Crippen LogP contribution in [0.2, 0.25) is 0 Å². The van der Waals surface area contributed by atoms with E-state index in [1.165, 1.54) is 4.70 Å². The van der Waals surface area contributed by atoms with Crippen molar-refractivity contribution in [2.75, 3.05) is 5.32 Å². The number of hydrogen-bond acceptors (Lipinski definition) is 8. The zero-order chi connectivity index (χ0) is 18.9. The van der Waals surface area contributed by atoms with Crippen molar-refractivity contribution in [2.24, 2.45) is 0 Å². The number of anilines is 1. The van der Waals surface area contributed by atoms with Gasteiger partial charge in [0, 0.05) is 49.2 Å². The van der Waals surface area contributed by atoms with Gasteiger partial charge in [0.2, 0.25) is 5.88 Å². The Labute approximate surface area is 165 Å². The number of hydrogen-bond donors (Lipinski definition) is 1. The zero-order valence-electron chi connectivity index (χ0n) is 15.2. The fourth-order valence-electron chi connectivity index (χ4n) is 3.17. The van der Waals surface area contributed by atoms with Gasteiger partial charge >= 0.3 is 0 Å². The standard InChI is InChI=1S/C20H18N6OS/c1-12-23-10-13(11-24-12)18-19(22-7-6-21-18)27-15-8-14(9-15)25-20-26-16-4-2-3-5-17(16)28-20/h2-7,10-11,14-15H,8-9H2,1H3,(H,25,26). The van der Waals surface area contributed by atoms with Crippen LogP contribution in [0.3, 0.4) is 0 Å². The van der Waals surface area contributed by atoms with Crippen molar-refractivity contribution in [1.82, 2.24) is 24.9 Å². The monoisotopic (exact) mass is 390 g/mol. The minimum absolute atomic E-state index is 0.105. The van der Waals surface area contributed by atoms with E-state index in [0.29, 0.717) is 17.6 Å². The molecule has 0 unspecified atom stereocenters. The van der Waals surface area contributed by atoms with Crippen molar-refractivity contribution in [1.29, 1.82) is 0 Å². The maximum absolute atomic E-state index is 6.11. The van der Waals surface area contributed by atoms with E-state index in [4.69, 9.17) is 4.74 Å². The summed E-state index contributed by atoms with van der Waals surface area (Å²) in [6, 6.07) is 8.53. The Morgan fingerprint density at radius 3 is 2.64 bits per heavy atom. The van der Waals surface area contributed by atoms with Crippen molar-refractivity contribution in [2.45, 2.75) is 31.9 Å². The molecule has 1 saturated carbocycles. The Balaban J connectivity index is 1.23. The number of aryl methyl sites for hydroxylation is 1. The van der Waals surface area contributed by atoms with E-state index in [1.807, 2.05) is 25.1 Å². The molecular formula is C20H18N6OS. The first kappa shape index (κ1) is 17.0. The molecule has 7 nitrogen and oxygen atoms in total. The van der Waals surface area contributed by atoms with E-state index < -0.39 is 0 Å². The Kier molecular flexibility index (Phi) is 4.32. The van der Waals surface area contributed by atoms with Crippen molar-refractivity contribution in [3.05, 3.63) is 54.9 Å². The van der Waals surface area contributed by atoms with E-state index >= 15 is 0 Å². The molecule has 1 aliphatic rings. The number of rotatable bonds is 5. The van der Waals surface area contributed by atoms with E-state index in [0.717, 1.165) is 34.9 Å². The van der Waals surface area contributed by atoms with Crippen LogP contribution in [0.15, 0.2) is 49.1 Å². The average Bonchev–Trinajstić information content (AvgIpc) is 3.10. The number of para-hydroxylation sites is 1. The van der Waals surface area contributed by atoms with Gasteiger partial charge in [-0.05, 0) is 19.1 Å². The number of ether oxygens (including phenoxy) is 1. The lowest BCUT2D eigenvalue weighted by Crippen LogP contribution is -2.42. The number of nitrogens with one attached hydrogen (secondary N) is 1. The topological polar surface area (TPSA) is 85.7 Å². The predicted octanol–water partition coefficient (Wildman–Crippen LogP) is 3.87. The van der Waals surface area contributed by atoms with Crippen LogP contribution in [0.4, 0.5) is 5.13 Å². The number of nitrogens with zero attached hydrogens (tertiary/aromatic N) is 5. The molecule has 4 aromatic rings. The van der Waals surface area contributed by atoms with Crippen LogP contribution in [0, 0.1) is 6.92 Å². The van der Waals surface area contributed by atoms with Gasteiger partial charge in [-0.15, -0.1) is 0 Å². The highest BCUT2D eigenvalue weighted by molar-refractivity contribution is 7.22. The van der Waals surface area contributed by atoms with Crippen molar-refractivity contribution in [3.8, 4) is 17.1 Å². The summed E-state index contributed by atoms with van der Waals surface area (Å²) in [5, 5.41) is 4.47. The third-order valence-corrected chi connectivity index (χ3v) is 5.68. The largest absolute Gasteiger partial charge is 0.473 e. The average molecular weight is 390 g/mol. The molecule has 28 heavy (non-hydrogen) atoms. The molecule has 1 fully saturated rings. The summed E-state index contributed by atoms with van der Waals surface area (Å²) in [7, 11) is 0. The van der Waals surface area contributed by atoms with Crippen molar-refractivity contribution >= 4 is 26.7 Å². The fraction of sp³-hybridized carbons (Fsp3) is 0.250. The minimum atomic E-state index is 0.105. The van der Waals surface area contributed by atoms with E-state index in [2.05, 4.69) is 36.3 Å². The normalized spacial score (nSPS) is 18.6. The summed E-state index contributed by atoms with van der Waals surface area (Å²) in [6.45, 7) is 1.85. The lowest BCUT2D eigenvalue weighted by Gasteiger charge is -2.35. The molecule has 0 spiro atoms. The van der Waals surface area contributed by atoms with Crippen LogP contribution in [0.5, 0.6) is 5.88 Å². The molecule has 0 aliphatic heterocycles. The Morgan fingerprint density at radius 1 is 1.04 bits per heavy atom. The van der Waals surface area contributed by atoms with Gasteiger partial charge < -0.3 is 10.1 Å². The molecule has 0 atom stereocenters. The smallest absolute Gasteiger partial charge is 0.240 e. The first-order chi connectivity index (χ1) is 13.7. The molecule has 3 heterocycles. The van der Waals surface area contributed by atoms with E-state index in [1.54, 1.807) is 36.1 Å². The van der Waals surface area contributed by atoms with Crippen LogP contribution >= 0.6 is 11.3 Å². The Morgan fingerprint density at radius 2 is 1.82 bits per heavy atom. The number of thiazole rings is 1. The van der Waals surface area contributed by atoms with Crippen LogP contribution < -0.4 is 10.1 Å². The molecule has 0 amide bonds. The number of aromatic nitrogens is 5. The molecule has 0 saturated heterocycles. The molecule has 5 rings (SSSR count). The van der Waals surface area contributed by atoms with Gasteiger partial charge in [-0.1, -0.05) is 23.5 Å². The fourth-order valence-corrected chi connectivity index (χ4v) is 4.11. The summed E-state index contributed by atoms with van der Waals surface area (Å²) < 4.78 is 7.30. The van der Waals surface area contributed by atoms with Crippen molar-refractivity contribution in [3.63, 3.8) is 0 Å². The summed E-state index contributed by atoms with van der Waals surface area (Å²) in [5.74, 6) is 1.25. The highest BCUT2D eigenvalue weighted by atomic mass is 32.1. The third-order valence-electron chi connectivity index (χ3n) is 4.71. The van der Waals surface area contributed by atoms with Gasteiger partial charge in [0.05, 0.1) is 10.2 Å². The maximum atomic E-state index is 6.11. The molecule has 1 aromatic carbocycles. The molecule has 140 valence electrons. The molecule has 1 N–H and O–H groups in total. The third kappa shape index (κ3) is 3.38. The molecule has 8 heteroatoms. The Bertz CT molecular complexity index is 1070. The van der Waals surface area contributed by atoms with Crippen LogP contribution in [0.1, 0.15) is 18.7 Å². The molecule has 0 bridgehead atoms. The number of benzene rings is 1. The van der Waals surface area contributed by atoms with E-state index in [9.17, 15) is 0 Å². The van der Waals surface area contributed by atoms with Gasteiger partial charge in [0.15, 0.2) is 5.13 Å². The summed E-state index contributed by atoms with van der Waals surface area (Å²) in [4.78, 5) is 21.9. The zero-order valence-corrected chi connectivity index (χ0v) is 16.1. The first-order valence-corrected chi connectivity index (χ1v) is 9.95. The molecule has 1 aliphatic carbocycles.